The Labute approximate surface area is 159 Å². The molecular weight excluding hydrogens is 368 g/mol. The van der Waals surface area contributed by atoms with Gasteiger partial charge >= 0.3 is 0 Å². The molecule has 0 saturated carbocycles. The maximum atomic E-state index is 12.4. The molecule has 0 fully saturated rings. The standard InChI is InChI=1S/C19H24N2O5S/c1-14(2)26-17-8-4-6-16(12-17)7-5-11-20-27(24,25)18-10-9-15(3)19(13-18)21(22)23/h4,6,8-10,12-14,20H,5,7,11H2,1-3H3. The molecule has 0 spiro atoms. The largest absolute Gasteiger partial charge is 0.491 e. The van der Waals surface area contributed by atoms with Crippen LogP contribution in [0.2, 0.25) is 0 Å². The molecular formula is C19H24N2O5S. The summed E-state index contributed by atoms with van der Waals surface area (Å²) < 4.78 is 32.8. The number of nitrogens with zero attached hydrogens (tertiary/aromatic N) is 1. The van der Waals surface area contributed by atoms with Gasteiger partial charge in [-0.1, -0.05) is 18.2 Å². The minimum absolute atomic E-state index is 0.0885. The molecule has 7 nitrogen and oxygen atoms in total. The summed E-state index contributed by atoms with van der Waals surface area (Å²) >= 11 is 0. The van der Waals surface area contributed by atoms with E-state index in [9.17, 15) is 18.5 Å². The molecule has 146 valence electrons. The van der Waals surface area contributed by atoms with Crippen LogP contribution in [0, 0.1) is 17.0 Å². The summed E-state index contributed by atoms with van der Waals surface area (Å²) in [5, 5.41) is 11.0. The van der Waals surface area contributed by atoms with Crippen LogP contribution in [0.25, 0.3) is 0 Å². The van der Waals surface area contributed by atoms with Crippen LogP contribution in [-0.4, -0.2) is 26.0 Å². The number of nitro groups is 1. The van der Waals surface area contributed by atoms with Crippen molar-refractivity contribution < 1.29 is 18.1 Å². The van der Waals surface area contributed by atoms with Crippen molar-refractivity contribution in [2.24, 2.45) is 0 Å². The maximum absolute atomic E-state index is 12.4. The molecule has 0 bridgehead atoms. The fourth-order valence-electron chi connectivity index (χ4n) is 2.58. The monoisotopic (exact) mass is 392 g/mol. The molecule has 0 heterocycles. The van der Waals surface area contributed by atoms with Gasteiger partial charge in [-0.15, -0.1) is 0 Å². The summed E-state index contributed by atoms with van der Waals surface area (Å²) in [5.74, 6) is 0.787. The van der Waals surface area contributed by atoms with E-state index in [-0.39, 0.29) is 23.2 Å². The third-order valence-electron chi connectivity index (χ3n) is 3.89. The second-order valence-electron chi connectivity index (χ2n) is 6.52. The molecule has 8 heteroatoms. The second-order valence-corrected chi connectivity index (χ2v) is 8.29. The fraction of sp³-hybridized carbons (Fsp3) is 0.368. The van der Waals surface area contributed by atoms with E-state index in [1.165, 1.54) is 12.1 Å². The van der Waals surface area contributed by atoms with Gasteiger partial charge in [-0.2, -0.15) is 0 Å². The first kappa shape index (κ1) is 20.9. The van der Waals surface area contributed by atoms with Crippen molar-refractivity contribution in [2.75, 3.05) is 6.54 Å². The average molecular weight is 392 g/mol. The summed E-state index contributed by atoms with van der Waals surface area (Å²) in [4.78, 5) is 10.3. The highest BCUT2D eigenvalue weighted by Gasteiger charge is 2.19. The minimum atomic E-state index is -3.79. The van der Waals surface area contributed by atoms with Gasteiger partial charge in [0.15, 0.2) is 0 Å². The first-order valence-corrected chi connectivity index (χ1v) is 10.2. The van der Waals surface area contributed by atoms with Gasteiger partial charge in [0.05, 0.1) is 15.9 Å². The van der Waals surface area contributed by atoms with Crippen LogP contribution >= 0.6 is 0 Å². The van der Waals surface area contributed by atoms with E-state index in [1.54, 1.807) is 6.92 Å². The van der Waals surface area contributed by atoms with E-state index in [0.29, 0.717) is 18.4 Å². The van der Waals surface area contributed by atoms with Gasteiger partial charge in [0.25, 0.3) is 5.69 Å². The summed E-state index contributed by atoms with van der Waals surface area (Å²) in [5.41, 5.74) is 1.26. The van der Waals surface area contributed by atoms with E-state index in [1.807, 2.05) is 38.1 Å². The van der Waals surface area contributed by atoms with Crippen molar-refractivity contribution in [3.05, 3.63) is 63.7 Å². The normalized spacial score (nSPS) is 11.6. The number of benzene rings is 2. The Morgan fingerprint density at radius 1 is 1.19 bits per heavy atom. The molecule has 2 aromatic rings. The van der Waals surface area contributed by atoms with E-state index < -0.39 is 14.9 Å². The Kier molecular flexibility index (Phi) is 6.92. The first-order valence-electron chi connectivity index (χ1n) is 8.69. The van der Waals surface area contributed by atoms with Crippen LogP contribution in [0.5, 0.6) is 5.75 Å². The number of rotatable bonds is 9. The maximum Gasteiger partial charge on any atom is 0.273 e. The highest BCUT2D eigenvalue weighted by Crippen LogP contribution is 2.22. The zero-order valence-electron chi connectivity index (χ0n) is 15.6. The van der Waals surface area contributed by atoms with E-state index in [4.69, 9.17) is 4.74 Å². The SMILES string of the molecule is Cc1ccc(S(=O)(=O)NCCCc2cccc(OC(C)C)c2)cc1[N+](=O)[O-]. The Bertz CT molecular complexity index is 910. The van der Waals surface area contributed by atoms with Crippen molar-refractivity contribution >= 4 is 15.7 Å². The number of ether oxygens (including phenoxy) is 1. The van der Waals surface area contributed by atoms with Crippen molar-refractivity contribution in [1.29, 1.82) is 0 Å². The summed E-state index contributed by atoms with van der Waals surface area (Å²) in [6.07, 6.45) is 1.37. The molecule has 0 aliphatic carbocycles. The van der Waals surface area contributed by atoms with E-state index in [0.717, 1.165) is 17.4 Å². The van der Waals surface area contributed by atoms with E-state index in [2.05, 4.69) is 4.72 Å². The van der Waals surface area contributed by atoms with Crippen molar-refractivity contribution in [3.8, 4) is 5.75 Å². The Morgan fingerprint density at radius 2 is 1.93 bits per heavy atom. The van der Waals surface area contributed by atoms with Crippen LogP contribution in [0.15, 0.2) is 47.4 Å². The molecule has 0 aliphatic heterocycles. The van der Waals surface area contributed by atoms with Crippen LogP contribution in [0.3, 0.4) is 0 Å². The van der Waals surface area contributed by atoms with Gasteiger partial charge in [-0.25, -0.2) is 13.1 Å². The van der Waals surface area contributed by atoms with Gasteiger partial charge in [0.2, 0.25) is 10.0 Å². The molecule has 0 atom stereocenters. The summed E-state index contributed by atoms with van der Waals surface area (Å²) in [6, 6.07) is 11.6. The molecule has 2 aromatic carbocycles. The fourth-order valence-corrected chi connectivity index (χ4v) is 3.68. The minimum Gasteiger partial charge on any atom is -0.491 e. The van der Waals surface area contributed by atoms with Crippen molar-refractivity contribution in [2.45, 2.75) is 44.6 Å². The van der Waals surface area contributed by atoms with Gasteiger partial charge in [-0.05, 0) is 57.4 Å². The number of hydrogen-bond donors (Lipinski definition) is 1. The molecule has 0 aromatic heterocycles. The average Bonchev–Trinajstić information content (AvgIpc) is 2.58. The molecule has 27 heavy (non-hydrogen) atoms. The third kappa shape index (κ3) is 6.04. The quantitative estimate of drug-likeness (QED) is 0.399. The number of aryl methyl sites for hydroxylation is 2. The van der Waals surface area contributed by atoms with Crippen molar-refractivity contribution in [3.63, 3.8) is 0 Å². The lowest BCUT2D eigenvalue weighted by molar-refractivity contribution is -0.385. The highest BCUT2D eigenvalue weighted by molar-refractivity contribution is 7.89. The zero-order valence-corrected chi connectivity index (χ0v) is 16.5. The number of sulfonamides is 1. The summed E-state index contributed by atoms with van der Waals surface area (Å²) in [7, 11) is -3.79. The van der Waals surface area contributed by atoms with Crippen molar-refractivity contribution in [1.82, 2.24) is 4.72 Å². The van der Waals surface area contributed by atoms with Gasteiger partial charge < -0.3 is 4.74 Å². The van der Waals surface area contributed by atoms with Gasteiger partial charge in [0.1, 0.15) is 5.75 Å². The summed E-state index contributed by atoms with van der Waals surface area (Å²) in [6.45, 7) is 5.71. The molecule has 0 amide bonds. The lowest BCUT2D eigenvalue weighted by Crippen LogP contribution is -2.25. The first-order chi connectivity index (χ1) is 12.7. The topological polar surface area (TPSA) is 98.5 Å². The van der Waals surface area contributed by atoms with E-state index >= 15 is 0 Å². The Hall–Kier alpha value is -2.45. The third-order valence-corrected chi connectivity index (χ3v) is 5.35. The predicted molar refractivity (Wildman–Crippen MR) is 104 cm³/mol. The molecule has 0 radical (unpaired) electrons. The molecule has 0 aliphatic rings. The number of nitrogens with one attached hydrogen (secondary N) is 1. The van der Waals surface area contributed by atoms with Crippen LogP contribution < -0.4 is 9.46 Å². The zero-order chi connectivity index (χ0) is 20.0. The van der Waals surface area contributed by atoms with Gasteiger partial charge in [0, 0.05) is 18.2 Å². The van der Waals surface area contributed by atoms with Crippen LogP contribution in [-0.2, 0) is 16.4 Å². The molecule has 2 rings (SSSR count). The predicted octanol–water partition coefficient (Wildman–Crippen LogP) is 3.60. The van der Waals surface area contributed by atoms with Crippen LogP contribution in [0.1, 0.15) is 31.4 Å². The number of hydrogen-bond acceptors (Lipinski definition) is 5. The lowest BCUT2D eigenvalue weighted by Gasteiger charge is -2.11. The molecule has 0 unspecified atom stereocenters. The number of nitro benzene ring substituents is 1. The van der Waals surface area contributed by atoms with Gasteiger partial charge in [-0.3, -0.25) is 10.1 Å². The Balaban J connectivity index is 1.95. The lowest BCUT2D eigenvalue weighted by atomic mass is 10.1. The van der Waals surface area contributed by atoms with Crippen LogP contribution in [0.4, 0.5) is 5.69 Å². The molecule has 0 saturated heterocycles. The second kappa shape index (κ2) is 8.96. The highest BCUT2D eigenvalue weighted by atomic mass is 32.2. The molecule has 1 N–H and O–H groups in total. The Morgan fingerprint density at radius 3 is 2.59 bits per heavy atom. The smallest absolute Gasteiger partial charge is 0.273 e.